The van der Waals surface area contributed by atoms with Crippen LogP contribution in [0.5, 0.6) is 0 Å². The Hall–Kier alpha value is -2.66. The van der Waals surface area contributed by atoms with Crippen LogP contribution in [0.2, 0.25) is 0 Å². The molecular weight excluding hydrogens is 338 g/mol. The minimum Gasteiger partial charge on any atom is -0.383 e. The van der Waals surface area contributed by atoms with Crippen LogP contribution < -0.4 is 5.32 Å². The summed E-state index contributed by atoms with van der Waals surface area (Å²) in [5, 5.41) is 4.18. The lowest BCUT2D eigenvalue weighted by Gasteiger charge is -2.12. The van der Waals surface area contributed by atoms with Crippen LogP contribution in [0.4, 0.5) is 0 Å². The van der Waals surface area contributed by atoms with Gasteiger partial charge >= 0.3 is 0 Å². The van der Waals surface area contributed by atoms with Gasteiger partial charge in [0.2, 0.25) is 5.91 Å². The van der Waals surface area contributed by atoms with Gasteiger partial charge in [0.15, 0.2) is 0 Å². The average Bonchev–Trinajstić information content (AvgIpc) is 3.00. The molecule has 2 heterocycles. The number of aryl methyl sites for hydroxylation is 2. The van der Waals surface area contributed by atoms with Gasteiger partial charge in [-0.1, -0.05) is 17.7 Å². The van der Waals surface area contributed by atoms with Crippen molar-refractivity contribution in [3.05, 3.63) is 53.7 Å². The molecule has 0 aliphatic heterocycles. The predicted molar refractivity (Wildman–Crippen MR) is 109 cm³/mol. The molecule has 2 N–H and O–H groups in total. The largest absolute Gasteiger partial charge is 0.383 e. The Bertz CT molecular complexity index is 903. The van der Waals surface area contributed by atoms with Crippen molar-refractivity contribution >= 4 is 16.8 Å². The van der Waals surface area contributed by atoms with E-state index in [9.17, 15) is 4.79 Å². The maximum absolute atomic E-state index is 12.1. The third-order valence-corrected chi connectivity index (χ3v) is 4.64. The number of methoxy groups -OCH3 is 1. The summed E-state index contributed by atoms with van der Waals surface area (Å²) in [5.41, 5.74) is 5.53. The maximum atomic E-state index is 12.1. The van der Waals surface area contributed by atoms with E-state index in [2.05, 4.69) is 40.4 Å². The number of hydrogen-bond donors (Lipinski definition) is 2. The second-order valence-electron chi connectivity index (χ2n) is 7.02. The minimum atomic E-state index is 0.0299. The van der Waals surface area contributed by atoms with Crippen LogP contribution in [0.3, 0.4) is 0 Å². The molecule has 142 valence electrons. The van der Waals surface area contributed by atoms with Crippen LogP contribution in [0, 0.1) is 6.92 Å². The number of benzene rings is 1. The second-order valence-corrected chi connectivity index (χ2v) is 7.02. The van der Waals surface area contributed by atoms with Crippen molar-refractivity contribution in [1.82, 2.24) is 15.3 Å². The summed E-state index contributed by atoms with van der Waals surface area (Å²) in [5.74, 6) is 0.0648. The van der Waals surface area contributed by atoms with Gasteiger partial charge in [-0.25, -0.2) is 0 Å². The molecule has 3 aromatic rings. The molecule has 1 unspecified atom stereocenters. The summed E-state index contributed by atoms with van der Waals surface area (Å²) in [6.07, 6.45) is 3.91. The van der Waals surface area contributed by atoms with E-state index >= 15 is 0 Å². The number of carbonyl (C=O) groups is 1. The van der Waals surface area contributed by atoms with Crippen molar-refractivity contribution in [2.75, 3.05) is 13.7 Å². The van der Waals surface area contributed by atoms with Crippen molar-refractivity contribution < 1.29 is 9.53 Å². The lowest BCUT2D eigenvalue weighted by molar-refractivity contribution is -0.122. The molecule has 0 bridgehead atoms. The van der Waals surface area contributed by atoms with Gasteiger partial charge in [0.25, 0.3) is 0 Å². The number of rotatable bonds is 8. The summed E-state index contributed by atoms with van der Waals surface area (Å²) < 4.78 is 5.07. The zero-order valence-corrected chi connectivity index (χ0v) is 16.2. The quantitative estimate of drug-likeness (QED) is 0.634. The molecule has 5 heteroatoms. The molecule has 1 atom stereocenters. The number of nitrogens with one attached hydrogen (secondary N) is 2. The first-order valence-corrected chi connectivity index (χ1v) is 9.39. The normalized spacial score (nSPS) is 12.3. The highest BCUT2D eigenvalue weighted by molar-refractivity contribution is 5.90. The molecular formula is C22H27N3O2. The van der Waals surface area contributed by atoms with Crippen molar-refractivity contribution in [2.24, 2.45) is 0 Å². The number of hydrogen-bond acceptors (Lipinski definition) is 3. The number of amides is 1. The molecule has 0 spiro atoms. The van der Waals surface area contributed by atoms with Gasteiger partial charge in [0.05, 0.1) is 18.0 Å². The van der Waals surface area contributed by atoms with E-state index in [1.165, 1.54) is 16.5 Å². The number of aromatic nitrogens is 2. The molecule has 2 aromatic heterocycles. The topological polar surface area (TPSA) is 67.0 Å². The first-order chi connectivity index (χ1) is 13.1. The molecule has 0 aliphatic carbocycles. The Balaban J connectivity index is 1.78. The average molecular weight is 365 g/mol. The van der Waals surface area contributed by atoms with Crippen LogP contribution >= 0.6 is 0 Å². The summed E-state index contributed by atoms with van der Waals surface area (Å²) >= 11 is 0. The Labute approximate surface area is 160 Å². The van der Waals surface area contributed by atoms with E-state index in [-0.39, 0.29) is 11.9 Å². The van der Waals surface area contributed by atoms with Gasteiger partial charge < -0.3 is 15.0 Å². The number of pyridine rings is 1. The van der Waals surface area contributed by atoms with Crippen LogP contribution in [0.25, 0.3) is 22.3 Å². The van der Waals surface area contributed by atoms with E-state index < -0.39 is 0 Å². The molecule has 27 heavy (non-hydrogen) atoms. The zero-order valence-electron chi connectivity index (χ0n) is 16.2. The Morgan fingerprint density at radius 3 is 2.89 bits per heavy atom. The highest BCUT2D eigenvalue weighted by atomic mass is 16.5. The SMILES string of the molecule is COCC(C)NC(=O)CCCc1c(-c2ccccn2)[nH]c2ccc(C)cc12. The first-order valence-electron chi connectivity index (χ1n) is 9.39. The molecule has 3 rings (SSSR count). The Morgan fingerprint density at radius 1 is 1.30 bits per heavy atom. The van der Waals surface area contributed by atoms with Crippen molar-refractivity contribution in [2.45, 2.75) is 39.2 Å². The minimum absolute atomic E-state index is 0.0299. The number of H-pyrrole nitrogens is 1. The highest BCUT2D eigenvalue weighted by Crippen LogP contribution is 2.31. The maximum Gasteiger partial charge on any atom is 0.220 e. The van der Waals surface area contributed by atoms with Gasteiger partial charge in [-0.15, -0.1) is 0 Å². The molecule has 1 aromatic carbocycles. The van der Waals surface area contributed by atoms with Crippen LogP contribution in [-0.2, 0) is 16.0 Å². The van der Waals surface area contributed by atoms with Gasteiger partial charge in [-0.3, -0.25) is 9.78 Å². The van der Waals surface area contributed by atoms with Crippen molar-refractivity contribution in [1.29, 1.82) is 0 Å². The summed E-state index contributed by atoms with van der Waals surface area (Å²) in [6.45, 7) is 4.57. The molecule has 0 aliphatic rings. The number of aromatic amines is 1. The Morgan fingerprint density at radius 2 is 2.15 bits per heavy atom. The molecule has 0 saturated carbocycles. The molecule has 5 nitrogen and oxygen atoms in total. The van der Waals surface area contributed by atoms with Gasteiger partial charge in [0.1, 0.15) is 0 Å². The molecule has 0 saturated heterocycles. The van der Waals surface area contributed by atoms with Gasteiger partial charge in [0, 0.05) is 36.7 Å². The summed E-state index contributed by atoms with van der Waals surface area (Å²) in [6, 6.07) is 12.4. The van der Waals surface area contributed by atoms with E-state index in [1.54, 1.807) is 13.3 Å². The molecule has 0 radical (unpaired) electrons. The van der Waals surface area contributed by atoms with Crippen LogP contribution in [0.1, 0.15) is 30.9 Å². The molecule has 0 fully saturated rings. The standard InChI is InChI=1S/C22H27N3O2/c1-15-10-11-19-18(13-15)17(22(25-19)20-8-4-5-12-23-20)7-6-9-21(26)24-16(2)14-27-3/h4-5,8,10-13,16,25H,6-7,9,14H2,1-3H3,(H,24,26). The smallest absolute Gasteiger partial charge is 0.220 e. The van der Waals surface area contributed by atoms with Gasteiger partial charge in [-0.05, 0) is 56.5 Å². The fraction of sp³-hybridized carbons (Fsp3) is 0.364. The van der Waals surface area contributed by atoms with Crippen molar-refractivity contribution in [3.8, 4) is 11.4 Å². The highest BCUT2D eigenvalue weighted by Gasteiger charge is 2.15. The summed E-state index contributed by atoms with van der Waals surface area (Å²) in [4.78, 5) is 20.2. The Kier molecular flexibility index (Phi) is 6.24. The summed E-state index contributed by atoms with van der Waals surface area (Å²) in [7, 11) is 1.64. The zero-order chi connectivity index (χ0) is 19.2. The number of ether oxygens (including phenoxy) is 1. The number of carbonyl (C=O) groups excluding carboxylic acids is 1. The van der Waals surface area contributed by atoms with Gasteiger partial charge in [-0.2, -0.15) is 0 Å². The van der Waals surface area contributed by atoms with E-state index in [1.807, 2.05) is 25.1 Å². The monoisotopic (exact) mass is 365 g/mol. The first kappa shape index (κ1) is 19.1. The van der Waals surface area contributed by atoms with Crippen LogP contribution in [0.15, 0.2) is 42.6 Å². The fourth-order valence-electron chi connectivity index (χ4n) is 3.41. The molecule has 1 amide bonds. The third-order valence-electron chi connectivity index (χ3n) is 4.64. The second kappa shape index (κ2) is 8.82. The van der Waals surface area contributed by atoms with E-state index in [4.69, 9.17) is 4.74 Å². The predicted octanol–water partition coefficient (Wildman–Crippen LogP) is 4.01. The van der Waals surface area contributed by atoms with E-state index in [0.29, 0.717) is 13.0 Å². The van der Waals surface area contributed by atoms with E-state index in [0.717, 1.165) is 29.7 Å². The number of fused-ring (bicyclic) bond motifs is 1. The number of nitrogens with zero attached hydrogens (tertiary/aromatic N) is 1. The third kappa shape index (κ3) is 4.74. The lowest BCUT2D eigenvalue weighted by Crippen LogP contribution is -2.35. The fourth-order valence-corrected chi connectivity index (χ4v) is 3.41. The van der Waals surface area contributed by atoms with Crippen LogP contribution in [-0.4, -0.2) is 35.6 Å². The lowest BCUT2D eigenvalue weighted by atomic mass is 10.0. The van der Waals surface area contributed by atoms with Crippen molar-refractivity contribution in [3.63, 3.8) is 0 Å².